The van der Waals surface area contributed by atoms with Crippen molar-refractivity contribution >= 4 is 26.7 Å². The number of aromatic nitrogens is 1. The number of hydrogen-bond acceptors (Lipinski definition) is 3. The van der Waals surface area contributed by atoms with Crippen LogP contribution in [0.2, 0.25) is 0 Å². The highest BCUT2D eigenvalue weighted by molar-refractivity contribution is 7.91. The SMILES string of the molecule is CN=C(NCCc1c[nH]c2ccccc12)NCC1CCS(=O)(=O)C1. The monoisotopic (exact) mass is 348 g/mol. The standard InChI is InChI=1S/C17H24N4O2S/c1-18-17(21-10-13-7-9-24(22,23)12-13)19-8-6-14-11-20-16-5-3-2-4-15(14)16/h2-5,11,13,20H,6-10,12H2,1H3,(H2,18,19,21). The number of nitrogens with one attached hydrogen (secondary N) is 3. The molecule has 24 heavy (non-hydrogen) atoms. The Morgan fingerprint density at radius 2 is 2.17 bits per heavy atom. The minimum absolute atomic E-state index is 0.183. The topological polar surface area (TPSA) is 86.3 Å². The van der Waals surface area contributed by atoms with Gasteiger partial charge in [-0.3, -0.25) is 4.99 Å². The molecule has 130 valence electrons. The summed E-state index contributed by atoms with van der Waals surface area (Å²) in [6, 6.07) is 8.26. The van der Waals surface area contributed by atoms with Crippen LogP contribution in [0.1, 0.15) is 12.0 Å². The van der Waals surface area contributed by atoms with E-state index < -0.39 is 9.84 Å². The Balaban J connectivity index is 1.46. The van der Waals surface area contributed by atoms with E-state index in [0.717, 1.165) is 30.9 Å². The largest absolute Gasteiger partial charge is 0.361 e. The second kappa shape index (κ2) is 7.25. The van der Waals surface area contributed by atoms with E-state index in [1.807, 2.05) is 18.3 Å². The first kappa shape index (κ1) is 16.8. The summed E-state index contributed by atoms with van der Waals surface area (Å²) in [6.07, 6.45) is 3.68. The Bertz CT molecular complexity index is 826. The average molecular weight is 348 g/mol. The van der Waals surface area contributed by atoms with Crippen LogP contribution >= 0.6 is 0 Å². The van der Waals surface area contributed by atoms with E-state index in [1.54, 1.807) is 7.05 Å². The molecule has 3 N–H and O–H groups in total. The summed E-state index contributed by atoms with van der Waals surface area (Å²) >= 11 is 0. The molecule has 7 heteroatoms. The van der Waals surface area contributed by atoms with Crippen LogP contribution in [-0.4, -0.2) is 51.0 Å². The van der Waals surface area contributed by atoms with Crippen LogP contribution in [0.15, 0.2) is 35.5 Å². The molecular weight excluding hydrogens is 324 g/mol. The Kier molecular flexibility index (Phi) is 5.08. The molecule has 3 rings (SSSR count). The quantitative estimate of drug-likeness (QED) is 0.562. The first-order valence-corrected chi connectivity index (χ1v) is 10.1. The predicted molar refractivity (Wildman–Crippen MR) is 98.1 cm³/mol. The fraction of sp³-hybridized carbons (Fsp3) is 0.471. The number of guanidine groups is 1. The molecule has 1 atom stereocenters. The molecule has 2 aromatic rings. The van der Waals surface area contributed by atoms with Gasteiger partial charge in [-0.25, -0.2) is 8.42 Å². The van der Waals surface area contributed by atoms with Gasteiger partial charge >= 0.3 is 0 Å². The summed E-state index contributed by atoms with van der Waals surface area (Å²) in [6.45, 7) is 1.41. The zero-order valence-corrected chi connectivity index (χ0v) is 14.7. The van der Waals surface area contributed by atoms with Crippen molar-refractivity contribution in [1.82, 2.24) is 15.6 Å². The van der Waals surface area contributed by atoms with Crippen molar-refractivity contribution in [2.24, 2.45) is 10.9 Å². The van der Waals surface area contributed by atoms with Crippen molar-refractivity contribution in [3.05, 3.63) is 36.0 Å². The second-order valence-corrected chi connectivity index (χ2v) is 8.49. The molecule has 1 unspecified atom stereocenters. The maximum Gasteiger partial charge on any atom is 0.190 e. The molecule has 1 aromatic carbocycles. The van der Waals surface area contributed by atoms with Crippen LogP contribution in [0.4, 0.5) is 0 Å². The molecule has 1 aromatic heterocycles. The number of aliphatic imine (C=N–C) groups is 1. The number of H-pyrrole nitrogens is 1. The van der Waals surface area contributed by atoms with E-state index in [0.29, 0.717) is 12.3 Å². The van der Waals surface area contributed by atoms with Gasteiger partial charge in [0.2, 0.25) is 0 Å². The molecule has 0 saturated carbocycles. The third-order valence-electron chi connectivity index (χ3n) is 4.47. The van der Waals surface area contributed by atoms with Crippen molar-refractivity contribution in [2.75, 3.05) is 31.6 Å². The van der Waals surface area contributed by atoms with Gasteiger partial charge in [0.25, 0.3) is 0 Å². The molecule has 1 fully saturated rings. The van der Waals surface area contributed by atoms with Gasteiger partial charge in [-0.15, -0.1) is 0 Å². The normalized spacial score (nSPS) is 20.4. The summed E-state index contributed by atoms with van der Waals surface area (Å²) < 4.78 is 23.0. The number of benzene rings is 1. The molecule has 0 bridgehead atoms. The minimum Gasteiger partial charge on any atom is -0.361 e. The number of sulfone groups is 1. The summed E-state index contributed by atoms with van der Waals surface area (Å²) in [5, 5.41) is 7.77. The zero-order chi connectivity index (χ0) is 17.0. The highest BCUT2D eigenvalue weighted by atomic mass is 32.2. The fourth-order valence-electron chi connectivity index (χ4n) is 3.15. The lowest BCUT2D eigenvalue weighted by molar-refractivity contribution is 0.567. The van der Waals surface area contributed by atoms with E-state index in [2.05, 4.69) is 32.7 Å². The molecule has 0 radical (unpaired) electrons. The van der Waals surface area contributed by atoms with Gasteiger partial charge in [-0.1, -0.05) is 18.2 Å². The maximum atomic E-state index is 11.5. The van der Waals surface area contributed by atoms with Crippen LogP contribution < -0.4 is 10.6 Å². The average Bonchev–Trinajstić information content (AvgIpc) is 3.14. The lowest BCUT2D eigenvalue weighted by Gasteiger charge is -2.14. The molecule has 1 aliphatic rings. The number of rotatable bonds is 5. The molecule has 1 aliphatic heterocycles. The Morgan fingerprint density at radius 1 is 1.33 bits per heavy atom. The molecule has 6 nitrogen and oxygen atoms in total. The first-order valence-electron chi connectivity index (χ1n) is 8.27. The van der Waals surface area contributed by atoms with Crippen molar-refractivity contribution in [1.29, 1.82) is 0 Å². The Labute approximate surface area is 142 Å². The number of para-hydroxylation sites is 1. The highest BCUT2D eigenvalue weighted by Gasteiger charge is 2.27. The van der Waals surface area contributed by atoms with Gasteiger partial charge in [0.1, 0.15) is 0 Å². The molecule has 1 saturated heterocycles. The van der Waals surface area contributed by atoms with E-state index in [9.17, 15) is 8.42 Å². The van der Waals surface area contributed by atoms with E-state index >= 15 is 0 Å². The van der Waals surface area contributed by atoms with E-state index in [1.165, 1.54) is 10.9 Å². The summed E-state index contributed by atoms with van der Waals surface area (Å²) in [7, 11) is -1.09. The van der Waals surface area contributed by atoms with Crippen molar-refractivity contribution in [2.45, 2.75) is 12.8 Å². The van der Waals surface area contributed by atoms with E-state index in [-0.39, 0.29) is 11.7 Å². The van der Waals surface area contributed by atoms with Crippen LogP contribution in [-0.2, 0) is 16.3 Å². The van der Waals surface area contributed by atoms with Crippen molar-refractivity contribution in [3.8, 4) is 0 Å². The number of nitrogens with zero attached hydrogens (tertiary/aromatic N) is 1. The van der Waals surface area contributed by atoms with Crippen LogP contribution in [0, 0.1) is 5.92 Å². The third kappa shape index (κ3) is 4.08. The number of aromatic amines is 1. The van der Waals surface area contributed by atoms with Crippen molar-refractivity contribution in [3.63, 3.8) is 0 Å². The maximum absolute atomic E-state index is 11.5. The molecule has 2 heterocycles. The lowest BCUT2D eigenvalue weighted by Crippen LogP contribution is -2.40. The van der Waals surface area contributed by atoms with Gasteiger partial charge in [0.15, 0.2) is 15.8 Å². The molecular formula is C17H24N4O2S. The Morgan fingerprint density at radius 3 is 2.92 bits per heavy atom. The van der Waals surface area contributed by atoms with Crippen LogP contribution in [0.5, 0.6) is 0 Å². The minimum atomic E-state index is -2.82. The highest BCUT2D eigenvalue weighted by Crippen LogP contribution is 2.18. The summed E-state index contributed by atoms with van der Waals surface area (Å²) in [4.78, 5) is 7.48. The third-order valence-corrected chi connectivity index (χ3v) is 6.31. The molecule has 0 spiro atoms. The smallest absolute Gasteiger partial charge is 0.190 e. The molecule has 0 amide bonds. The number of hydrogen-bond donors (Lipinski definition) is 3. The lowest BCUT2D eigenvalue weighted by atomic mass is 10.1. The van der Waals surface area contributed by atoms with Crippen LogP contribution in [0.25, 0.3) is 10.9 Å². The second-order valence-electron chi connectivity index (χ2n) is 6.26. The van der Waals surface area contributed by atoms with Gasteiger partial charge in [-0.05, 0) is 30.4 Å². The van der Waals surface area contributed by atoms with E-state index in [4.69, 9.17) is 0 Å². The van der Waals surface area contributed by atoms with Crippen molar-refractivity contribution < 1.29 is 8.42 Å². The zero-order valence-electron chi connectivity index (χ0n) is 13.9. The van der Waals surface area contributed by atoms with Gasteiger partial charge in [0.05, 0.1) is 11.5 Å². The predicted octanol–water partition coefficient (Wildman–Crippen LogP) is 1.31. The van der Waals surface area contributed by atoms with Gasteiger partial charge in [0, 0.05) is 37.2 Å². The van der Waals surface area contributed by atoms with Gasteiger partial charge in [-0.2, -0.15) is 0 Å². The number of fused-ring (bicyclic) bond motifs is 1. The van der Waals surface area contributed by atoms with Gasteiger partial charge < -0.3 is 15.6 Å². The first-order chi connectivity index (χ1) is 11.6. The van der Waals surface area contributed by atoms with Crippen LogP contribution in [0.3, 0.4) is 0 Å². The fourth-order valence-corrected chi connectivity index (χ4v) is 5.01. The Hall–Kier alpha value is -2.02. The summed E-state index contributed by atoms with van der Waals surface area (Å²) in [5.41, 5.74) is 2.42. The molecule has 0 aliphatic carbocycles. The summed E-state index contributed by atoms with van der Waals surface area (Å²) in [5.74, 6) is 1.50.